The van der Waals surface area contributed by atoms with Crippen molar-refractivity contribution in [3.63, 3.8) is 0 Å². The van der Waals surface area contributed by atoms with E-state index in [1.165, 1.54) is 0 Å². The average molecular weight is 325 g/mol. The molecule has 124 valence electrons. The highest BCUT2D eigenvalue weighted by Gasteiger charge is 2.08. The van der Waals surface area contributed by atoms with Gasteiger partial charge in [-0.3, -0.25) is 9.78 Å². The van der Waals surface area contributed by atoms with Gasteiger partial charge in [0.2, 0.25) is 0 Å². The molecule has 7 heteroatoms. The second-order valence-electron chi connectivity index (χ2n) is 5.78. The first-order chi connectivity index (χ1) is 11.5. The van der Waals surface area contributed by atoms with Crippen LogP contribution < -0.4 is 5.32 Å². The number of carbonyl (C=O) groups excluding carboxylic acids is 1. The Labute approximate surface area is 139 Å². The average Bonchev–Trinajstić information content (AvgIpc) is 2.98. The van der Waals surface area contributed by atoms with Gasteiger partial charge >= 0.3 is 0 Å². The number of hydrogen-bond acceptors (Lipinski definition) is 5. The lowest BCUT2D eigenvalue weighted by molar-refractivity contribution is -0.121. The number of aryl methyl sites for hydroxylation is 1. The van der Waals surface area contributed by atoms with Crippen molar-refractivity contribution < 1.29 is 9.53 Å². The summed E-state index contributed by atoms with van der Waals surface area (Å²) in [6.45, 7) is 3.77. The highest BCUT2D eigenvalue weighted by molar-refractivity contribution is 5.93. The fraction of sp³-hybridized carbons (Fsp3) is 0.294. The van der Waals surface area contributed by atoms with Gasteiger partial charge in [0, 0.05) is 24.8 Å². The molecule has 0 saturated heterocycles. The zero-order chi connectivity index (χ0) is 17.1. The van der Waals surface area contributed by atoms with Crippen molar-refractivity contribution in [1.82, 2.24) is 19.5 Å². The van der Waals surface area contributed by atoms with E-state index in [2.05, 4.69) is 20.3 Å². The number of rotatable bonds is 5. The predicted molar refractivity (Wildman–Crippen MR) is 91.5 cm³/mol. The van der Waals surface area contributed by atoms with E-state index in [4.69, 9.17) is 4.74 Å². The number of imidazole rings is 1. The predicted octanol–water partition coefficient (Wildman–Crippen LogP) is 2.39. The van der Waals surface area contributed by atoms with Crippen LogP contribution in [0.3, 0.4) is 0 Å². The van der Waals surface area contributed by atoms with Gasteiger partial charge in [-0.15, -0.1) is 0 Å². The van der Waals surface area contributed by atoms with Crippen molar-refractivity contribution in [2.45, 2.75) is 20.0 Å². The molecular formula is C17H19N5O2. The first kappa shape index (κ1) is 16.1. The largest absolute Gasteiger partial charge is 0.369 e. The van der Waals surface area contributed by atoms with Crippen LogP contribution in [0.1, 0.15) is 13.8 Å². The third-order valence-corrected chi connectivity index (χ3v) is 3.50. The number of nitrogens with one attached hydrogen (secondary N) is 1. The van der Waals surface area contributed by atoms with Crippen LogP contribution in [-0.2, 0) is 16.6 Å². The maximum atomic E-state index is 11.9. The number of carbonyl (C=O) groups is 1. The number of pyridine rings is 2. The zero-order valence-electron chi connectivity index (χ0n) is 13.9. The Morgan fingerprint density at radius 3 is 2.71 bits per heavy atom. The summed E-state index contributed by atoms with van der Waals surface area (Å²) in [4.78, 5) is 24.6. The molecule has 0 bridgehead atoms. The highest BCUT2D eigenvalue weighted by Crippen LogP contribution is 2.22. The topological polar surface area (TPSA) is 81.9 Å². The summed E-state index contributed by atoms with van der Waals surface area (Å²) < 4.78 is 7.19. The van der Waals surface area contributed by atoms with E-state index in [1.54, 1.807) is 24.9 Å². The summed E-state index contributed by atoms with van der Waals surface area (Å²) in [5, 5.41) is 4.58. The van der Waals surface area contributed by atoms with E-state index in [0.717, 1.165) is 22.2 Å². The summed E-state index contributed by atoms with van der Waals surface area (Å²) in [6, 6.07) is 3.78. The normalized spacial score (nSPS) is 11.2. The number of aromatic nitrogens is 4. The molecule has 0 saturated carbocycles. The molecule has 0 atom stereocenters. The summed E-state index contributed by atoms with van der Waals surface area (Å²) in [7, 11) is 1.92. The lowest BCUT2D eigenvalue weighted by atomic mass is 10.1. The maximum absolute atomic E-state index is 11.9. The van der Waals surface area contributed by atoms with Gasteiger partial charge in [-0.2, -0.15) is 0 Å². The van der Waals surface area contributed by atoms with Crippen molar-refractivity contribution >= 4 is 22.5 Å². The summed E-state index contributed by atoms with van der Waals surface area (Å²) in [6.07, 6.45) is 6.95. The van der Waals surface area contributed by atoms with Gasteiger partial charge < -0.3 is 14.6 Å². The minimum atomic E-state index is -0.225. The Bertz CT molecular complexity index is 872. The van der Waals surface area contributed by atoms with Crippen molar-refractivity contribution in [2.24, 2.45) is 7.05 Å². The second kappa shape index (κ2) is 6.76. The third kappa shape index (κ3) is 3.57. The minimum absolute atomic E-state index is 0.00726. The van der Waals surface area contributed by atoms with Crippen molar-refractivity contribution in [3.05, 3.63) is 37.1 Å². The fourth-order valence-corrected chi connectivity index (χ4v) is 2.27. The molecule has 7 nitrogen and oxygen atoms in total. The van der Waals surface area contributed by atoms with Crippen LogP contribution >= 0.6 is 0 Å². The molecule has 0 spiro atoms. The third-order valence-electron chi connectivity index (χ3n) is 3.50. The smallest absolute Gasteiger partial charge is 0.251 e. The number of fused-ring (bicyclic) bond motifs is 1. The van der Waals surface area contributed by atoms with Gasteiger partial charge in [0.05, 0.1) is 30.0 Å². The molecule has 1 N–H and O–H groups in total. The summed E-state index contributed by atoms with van der Waals surface area (Å²) in [5.41, 5.74) is 1.73. The van der Waals surface area contributed by atoms with E-state index in [9.17, 15) is 4.79 Å². The minimum Gasteiger partial charge on any atom is -0.369 e. The van der Waals surface area contributed by atoms with Gasteiger partial charge in [0.25, 0.3) is 5.91 Å². The van der Waals surface area contributed by atoms with E-state index in [1.807, 2.05) is 37.6 Å². The molecule has 0 unspecified atom stereocenters. The molecule has 0 radical (unpaired) electrons. The fourth-order valence-electron chi connectivity index (χ4n) is 2.27. The molecule has 3 aromatic heterocycles. The van der Waals surface area contributed by atoms with Gasteiger partial charge in [-0.25, -0.2) is 9.97 Å². The molecule has 0 aliphatic carbocycles. The lowest BCUT2D eigenvalue weighted by Gasteiger charge is -2.09. The van der Waals surface area contributed by atoms with E-state index < -0.39 is 0 Å². The molecule has 1 amide bonds. The van der Waals surface area contributed by atoms with Gasteiger partial charge in [-0.1, -0.05) is 0 Å². The first-order valence-corrected chi connectivity index (χ1v) is 7.67. The second-order valence-corrected chi connectivity index (χ2v) is 5.78. The number of anilines is 1. The molecular weight excluding hydrogens is 306 g/mol. The number of ether oxygens (including phenoxy) is 1. The Balaban J connectivity index is 1.84. The van der Waals surface area contributed by atoms with Gasteiger partial charge in [0.15, 0.2) is 0 Å². The van der Waals surface area contributed by atoms with Gasteiger partial charge in [-0.05, 0) is 31.4 Å². The molecule has 0 aliphatic rings. The van der Waals surface area contributed by atoms with Crippen LogP contribution in [0.15, 0.2) is 37.1 Å². The van der Waals surface area contributed by atoms with Crippen LogP contribution in [0.2, 0.25) is 0 Å². The Morgan fingerprint density at radius 1 is 1.21 bits per heavy atom. The SMILES string of the molecule is CC(C)OCC(=O)Nc1cc2cc(-c3cncn3C)ncc2cn1. The molecule has 24 heavy (non-hydrogen) atoms. The van der Waals surface area contributed by atoms with Crippen LogP contribution in [-0.4, -0.2) is 38.1 Å². The molecule has 0 aromatic carbocycles. The zero-order valence-corrected chi connectivity index (χ0v) is 13.9. The van der Waals surface area contributed by atoms with Crippen LogP contribution in [0.4, 0.5) is 5.82 Å². The van der Waals surface area contributed by atoms with E-state index >= 15 is 0 Å². The molecule has 3 rings (SSSR count). The first-order valence-electron chi connectivity index (χ1n) is 7.67. The molecule has 3 heterocycles. The van der Waals surface area contributed by atoms with Gasteiger partial charge in [0.1, 0.15) is 12.4 Å². The van der Waals surface area contributed by atoms with E-state index in [0.29, 0.717) is 5.82 Å². The monoisotopic (exact) mass is 325 g/mol. The van der Waals surface area contributed by atoms with E-state index in [-0.39, 0.29) is 18.6 Å². The van der Waals surface area contributed by atoms with Crippen LogP contribution in [0, 0.1) is 0 Å². The Kier molecular flexibility index (Phi) is 4.52. The highest BCUT2D eigenvalue weighted by atomic mass is 16.5. The molecule has 0 aliphatic heterocycles. The summed E-state index contributed by atoms with van der Waals surface area (Å²) >= 11 is 0. The number of hydrogen-bond donors (Lipinski definition) is 1. The number of amides is 1. The van der Waals surface area contributed by atoms with Crippen LogP contribution in [0.25, 0.3) is 22.2 Å². The molecule has 0 fully saturated rings. The van der Waals surface area contributed by atoms with Crippen LogP contribution in [0.5, 0.6) is 0 Å². The quantitative estimate of drug-likeness (QED) is 0.779. The van der Waals surface area contributed by atoms with Crippen molar-refractivity contribution in [2.75, 3.05) is 11.9 Å². The maximum Gasteiger partial charge on any atom is 0.251 e. The summed E-state index contributed by atoms with van der Waals surface area (Å²) in [5.74, 6) is 0.262. The van der Waals surface area contributed by atoms with Crippen molar-refractivity contribution in [1.29, 1.82) is 0 Å². The number of nitrogens with zero attached hydrogens (tertiary/aromatic N) is 4. The Morgan fingerprint density at radius 2 is 2.00 bits per heavy atom. The van der Waals surface area contributed by atoms with Crippen molar-refractivity contribution in [3.8, 4) is 11.4 Å². The molecule has 3 aromatic rings. The lowest BCUT2D eigenvalue weighted by Crippen LogP contribution is -2.21. The Hall–Kier alpha value is -2.80. The standard InChI is InChI=1S/C17H19N5O2/c1-11(2)24-9-17(23)21-16-5-12-4-14(15-8-18-10-22(15)3)19-6-13(12)7-20-16/h4-8,10-11H,9H2,1-3H3,(H,20,21,23).